The summed E-state index contributed by atoms with van der Waals surface area (Å²) in [4.78, 5) is 0.478. The van der Waals surface area contributed by atoms with Crippen LogP contribution < -0.4 is 0 Å². The number of ether oxygens (including phenoxy) is 2. The molecule has 0 bridgehead atoms. The summed E-state index contributed by atoms with van der Waals surface area (Å²) in [7, 11) is 1.71. The predicted octanol–water partition coefficient (Wildman–Crippen LogP) is 3.82. The Morgan fingerprint density at radius 1 is 1.13 bits per heavy atom. The molecule has 0 heterocycles. The van der Waals surface area contributed by atoms with E-state index < -0.39 is 13.3 Å². The molecule has 3 heteroatoms. The van der Waals surface area contributed by atoms with Crippen LogP contribution in [-0.4, -0.2) is 31.6 Å². The van der Waals surface area contributed by atoms with E-state index in [0.717, 1.165) is 0 Å². The normalized spacial score (nSPS) is 16.4. The summed E-state index contributed by atoms with van der Waals surface area (Å²) >= 11 is -1.71. The van der Waals surface area contributed by atoms with Gasteiger partial charge in [-0.3, -0.25) is 0 Å². The van der Waals surface area contributed by atoms with Crippen molar-refractivity contribution in [2.24, 2.45) is 0 Å². The quantitative estimate of drug-likeness (QED) is 0.381. The molecule has 0 saturated heterocycles. The van der Waals surface area contributed by atoms with Crippen molar-refractivity contribution >= 4 is 13.3 Å². The molecular formula is C12H28GeO2. The second kappa shape index (κ2) is 7.69. The SMILES string of the molecule is CCCCC[C@@H](O[C@H](C)OC)[Ge]([CH3])([CH3])[CH3]. The number of hydrogen-bond donors (Lipinski definition) is 0. The first-order valence-electron chi connectivity index (χ1n) is 6.10. The Morgan fingerprint density at radius 3 is 2.13 bits per heavy atom. The van der Waals surface area contributed by atoms with Gasteiger partial charge in [0.2, 0.25) is 0 Å². The van der Waals surface area contributed by atoms with Crippen molar-refractivity contribution < 1.29 is 9.47 Å². The molecule has 0 fully saturated rings. The summed E-state index contributed by atoms with van der Waals surface area (Å²) in [6.07, 6.45) is 5.05. The Balaban J connectivity index is 4.08. The van der Waals surface area contributed by atoms with Gasteiger partial charge in [0.15, 0.2) is 0 Å². The Morgan fingerprint density at radius 2 is 1.73 bits per heavy atom. The molecule has 0 aromatic heterocycles. The first-order chi connectivity index (χ1) is 6.91. The number of hydrogen-bond acceptors (Lipinski definition) is 2. The third-order valence-electron chi connectivity index (χ3n) is 2.72. The predicted molar refractivity (Wildman–Crippen MR) is 68.8 cm³/mol. The van der Waals surface area contributed by atoms with Crippen LogP contribution in [-0.2, 0) is 9.47 Å². The fourth-order valence-electron chi connectivity index (χ4n) is 1.57. The van der Waals surface area contributed by atoms with Crippen molar-refractivity contribution in [2.45, 2.75) is 68.0 Å². The standard InChI is InChI=1S/C12H28GeO2/c1-7-8-9-10-12(13(3,4)5)15-11(2)14-6/h11-12H,7-10H2,1-6H3/t11-,12-/m1/s1. The van der Waals surface area contributed by atoms with Crippen LogP contribution in [0.2, 0.25) is 17.3 Å². The van der Waals surface area contributed by atoms with Crippen molar-refractivity contribution in [3.63, 3.8) is 0 Å². The van der Waals surface area contributed by atoms with E-state index in [1.165, 1.54) is 25.7 Å². The second-order valence-corrected chi connectivity index (χ2v) is 16.6. The molecule has 2 nitrogen and oxygen atoms in total. The monoisotopic (exact) mass is 278 g/mol. The van der Waals surface area contributed by atoms with Crippen LogP contribution in [0.15, 0.2) is 0 Å². The first kappa shape index (κ1) is 15.5. The average Bonchev–Trinajstić information content (AvgIpc) is 2.14. The molecule has 0 aromatic rings. The zero-order valence-electron chi connectivity index (χ0n) is 11.3. The van der Waals surface area contributed by atoms with Crippen LogP contribution in [0.3, 0.4) is 0 Å². The summed E-state index contributed by atoms with van der Waals surface area (Å²) < 4.78 is 11.2. The van der Waals surface area contributed by atoms with Crippen LogP contribution in [0.4, 0.5) is 0 Å². The van der Waals surface area contributed by atoms with Crippen LogP contribution in [0, 0.1) is 0 Å². The van der Waals surface area contributed by atoms with E-state index in [1.807, 2.05) is 6.92 Å². The van der Waals surface area contributed by atoms with Gasteiger partial charge in [-0.25, -0.2) is 0 Å². The van der Waals surface area contributed by atoms with Crippen LogP contribution in [0.5, 0.6) is 0 Å². The summed E-state index contributed by atoms with van der Waals surface area (Å²) in [5, 5.41) is 0. The van der Waals surface area contributed by atoms with E-state index in [9.17, 15) is 0 Å². The maximum absolute atomic E-state index is 5.97. The van der Waals surface area contributed by atoms with Crippen LogP contribution in [0.25, 0.3) is 0 Å². The van der Waals surface area contributed by atoms with Gasteiger partial charge in [0.25, 0.3) is 0 Å². The molecule has 0 aliphatic heterocycles. The molecule has 0 aromatic carbocycles. The van der Waals surface area contributed by atoms with Crippen LogP contribution >= 0.6 is 0 Å². The number of unbranched alkanes of at least 4 members (excludes halogenated alkanes) is 2. The topological polar surface area (TPSA) is 18.5 Å². The zero-order chi connectivity index (χ0) is 11.9. The van der Waals surface area contributed by atoms with Crippen LogP contribution in [0.1, 0.15) is 39.5 Å². The van der Waals surface area contributed by atoms with Gasteiger partial charge >= 0.3 is 97.9 Å². The Kier molecular flexibility index (Phi) is 7.93. The molecule has 15 heavy (non-hydrogen) atoms. The van der Waals surface area contributed by atoms with E-state index in [-0.39, 0.29) is 6.29 Å². The van der Waals surface area contributed by atoms with Gasteiger partial charge in [0.05, 0.1) is 0 Å². The fraction of sp³-hybridized carbons (Fsp3) is 1.00. The van der Waals surface area contributed by atoms with Gasteiger partial charge in [-0.05, 0) is 0 Å². The van der Waals surface area contributed by atoms with Crippen molar-refractivity contribution in [1.29, 1.82) is 0 Å². The molecule has 0 spiro atoms. The van der Waals surface area contributed by atoms with Gasteiger partial charge in [-0.2, -0.15) is 0 Å². The third kappa shape index (κ3) is 7.37. The molecular weight excluding hydrogens is 249 g/mol. The molecule has 92 valence electrons. The van der Waals surface area contributed by atoms with E-state index in [1.54, 1.807) is 7.11 Å². The van der Waals surface area contributed by atoms with Crippen molar-refractivity contribution in [3.05, 3.63) is 0 Å². The summed E-state index contributed by atoms with van der Waals surface area (Å²) in [6.45, 7) is 4.23. The molecule has 0 radical (unpaired) electrons. The summed E-state index contributed by atoms with van der Waals surface area (Å²) in [5.74, 6) is 7.25. The third-order valence-corrected chi connectivity index (χ3v) is 7.67. The minimum atomic E-state index is -1.71. The van der Waals surface area contributed by atoms with Crippen molar-refractivity contribution in [1.82, 2.24) is 0 Å². The molecule has 0 unspecified atom stereocenters. The first-order valence-corrected chi connectivity index (χ1v) is 13.6. The van der Waals surface area contributed by atoms with Gasteiger partial charge in [-0.15, -0.1) is 0 Å². The van der Waals surface area contributed by atoms with Gasteiger partial charge < -0.3 is 0 Å². The van der Waals surface area contributed by atoms with E-state index >= 15 is 0 Å². The molecule has 0 aliphatic rings. The van der Waals surface area contributed by atoms with Crippen molar-refractivity contribution in [3.8, 4) is 0 Å². The molecule has 0 N–H and O–H groups in total. The van der Waals surface area contributed by atoms with Gasteiger partial charge in [-0.1, -0.05) is 0 Å². The van der Waals surface area contributed by atoms with Crippen molar-refractivity contribution in [2.75, 3.05) is 7.11 Å². The minimum absolute atomic E-state index is 0.0542. The number of rotatable bonds is 8. The zero-order valence-corrected chi connectivity index (χ0v) is 13.4. The van der Waals surface area contributed by atoms with E-state index in [2.05, 4.69) is 24.2 Å². The molecule has 0 rings (SSSR count). The summed E-state index contributed by atoms with van der Waals surface area (Å²) in [6, 6.07) is 0. The maximum atomic E-state index is 5.97. The van der Waals surface area contributed by atoms with E-state index in [4.69, 9.17) is 9.47 Å². The molecule has 0 aliphatic carbocycles. The molecule has 0 amide bonds. The Labute approximate surface area is 98.1 Å². The van der Waals surface area contributed by atoms with Gasteiger partial charge in [0.1, 0.15) is 0 Å². The fourth-order valence-corrected chi connectivity index (χ4v) is 5.08. The summed E-state index contributed by atoms with van der Waals surface area (Å²) in [5.41, 5.74) is 0. The number of methoxy groups -OCH3 is 1. The van der Waals surface area contributed by atoms with Gasteiger partial charge in [0, 0.05) is 0 Å². The molecule has 2 atom stereocenters. The average molecular weight is 277 g/mol. The second-order valence-electron chi connectivity index (χ2n) is 5.29. The Hall–Kier alpha value is 0.463. The molecule has 0 saturated carbocycles. The Bertz CT molecular complexity index is 154. The van der Waals surface area contributed by atoms with E-state index in [0.29, 0.717) is 4.94 Å².